The summed E-state index contributed by atoms with van der Waals surface area (Å²) in [5.41, 5.74) is 1.09. The van der Waals surface area contributed by atoms with Crippen molar-refractivity contribution in [3.8, 4) is 5.75 Å². The maximum Gasteiger partial charge on any atom is 0.409 e. The number of hydrogen-bond acceptors (Lipinski definition) is 4. The Morgan fingerprint density at radius 2 is 1.87 bits per heavy atom. The fourth-order valence-electron chi connectivity index (χ4n) is 3.78. The average molecular weight is 419 g/mol. The number of fused-ring (bicyclic) bond motifs is 2. The third-order valence-corrected chi connectivity index (χ3v) is 5.17. The van der Waals surface area contributed by atoms with Crippen molar-refractivity contribution in [3.05, 3.63) is 54.1 Å². The quantitative estimate of drug-likeness (QED) is 0.812. The van der Waals surface area contributed by atoms with E-state index in [9.17, 15) is 22.8 Å². The van der Waals surface area contributed by atoms with Crippen LogP contribution in [0.2, 0.25) is 0 Å². The highest BCUT2D eigenvalue weighted by atomic mass is 19.4. The van der Waals surface area contributed by atoms with E-state index in [-0.39, 0.29) is 17.9 Å². The van der Waals surface area contributed by atoms with E-state index in [0.717, 1.165) is 5.56 Å². The zero-order chi connectivity index (χ0) is 21.3. The Balaban J connectivity index is 1.64. The molecule has 1 N–H and O–H groups in total. The van der Waals surface area contributed by atoms with Crippen molar-refractivity contribution in [1.29, 1.82) is 0 Å². The molecule has 0 spiro atoms. The molecular formula is C21H20F3N3O3. The first-order valence-corrected chi connectivity index (χ1v) is 9.53. The Bertz CT molecular complexity index is 964. The Hall–Kier alpha value is -3.07. The van der Waals surface area contributed by atoms with Gasteiger partial charge in [-0.25, -0.2) is 0 Å². The molecular weight excluding hydrogens is 399 g/mol. The molecule has 2 aliphatic rings. The van der Waals surface area contributed by atoms with Crippen molar-refractivity contribution in [1.82, 2.24) is 4.90 Å². The first-order chi connectivity index (χ1) is 14.3. The third-order valence-electron chi connectivity index (χ3n) is 5.17. The highest BCUT2D eigenvalue weighted by Crippen LogP contribution is 2.37. The SMILES string of the molecule is O=C1CC(C(F)(F)F)N(C(=O)CN2CCOc3ccccc3C2)c2ccccc2N1. The molecule has 2 aromatic rings. The van der Waals surface area contributed by atoms with Gasteiger partial charge in [-0.05, 0) is 18.2 Å². The predicted molar refractivity (Wildman–Crippen MR) is 104 cm³/mol. The smallest absolute Gasteiger partial charge is 0.409 e. The normalized spacial score (nSPS) is 19.6. The van der Waals surface area contributed by atoms with Crippen LogP contribution in [0.4, 0.5) is 24.5 Å². The number of carbonyl (C=O) groups excluding carboxylic acids is 2. The van der Waals surface area contributed by atoms with Gasteiger partial charge in [0.1, 0.15) is 18.4 Å². The summed E-state index contributed by atoms with van der Waals surface area (Å²) in [4.78, 5) is 27.7. The molecule has 6 nitrogen and oxygen atoms in total. The summed E-state index contributed by atoms with van der Waals surface area (Å²) in [6, 6.07) is 11.2. The predicted octanol–water partition coefficient (Wildman–Crippen LogP) is 3.19. The lowest BCUT2D eigenvalue weighted by molar-refractivity contribution is -0.158. The van der Waals surface area contributed by atoms with Crippen LogP contribution in [0.5, 0.6) is 5.75 Å². The van der Waals surface area contributed by atoms with Crippen LogP contribution in [0.15, 0.2) is 48.5 Å². The number of carbonyl (C=O) groups is 2. The van der Waals surface area contributed by atoms with Crippen molar-refractivity contribution in [2.45, 2.75) is 25.2 Å². The van der Waals surface area contributed by atoms with Crippen molar-refractivity contribution in [2.24, 2.45) is 0 Å². The van der Waals surface area contributed by atoms with Crippen LogP contribution < -0.4 is 15.0 Å². The van der Waals surface area contributed by atoms with E-state index in [0.29, 0.717) is 30.3 Å². The van der Waals surface area contributed by atoms with Crippen LogP contribution in [0.3, 0.4) is 0 Å². The molecule has 0 aromatic heterocycles. The summed E-state index contributed by atoms with van der Waals surface area (Å²) in [6.07, 6.45) is -5.60. The second kappa shape index (κ2) is 7.98. The molecule has 2 aromatic carbocycles. The standard InChI is InChI=1S/C21H20F3N3O3/c22-21(23,24)18-11-19(28)25-15-6-2-3-7-16(15)27(18)20(29)13-26-9-10-30-17-8-4-1-5-14(17)12-26/h1-8,18H,9-13H2,(H,25,28). The molecule has 158 valence electrons. The van der Waals surface area contributed by atoms with Crippen LogP contribution >= 0.6 is 0 Å². The van der Waals surface area contributed by atoms with E-state index in [2.05, 4.69) is 5.32 Å². The van der Waals surface area contributed by atoms with E-state index < -0.39 is 30.5 Å². The Kier molecular flexibility index (Phi) is 5.38. The minimum absolute atomic E-state index is 0.0437. The number of hydrogen-bond donors (Lipinski definition) is 1. The highest BCUT2D eigenvalue weighted by molar-refractivity contribution is 6.05. The summed E-state index contributed by atoms with van der Waals surface area (Å²) in [5, 5.41) is 2.47. The van der Waals surface area contributed by atoms with Gasteiger partial charge in [-0.2, -0.15) is 13.2 Å². The summed E-state index contributed by atoms with van der Waals surface area (Å²) in [7, 11) is 0. The number of para-hydroxylation sites is 3. The molecule has 0 saturated carbocycles. The minimum Gasteiger partial charge on any atom is -0.492 e. The molecule has 30 heavy (non-hydrogen) atoms. The van der Waals surface area contributed by atoms with E-state index in [1.54, 1.807) is 17.0 Å². The van der Waals surface area contributed by atoms with Gasteiger partial charge in [0.05, 0.1) is 24.3 Å². The van der Waals surface area contributed by atoms with Gasteiger partial charge < -0.3 is 10.1 Å². The molecule has 1 unspecified atom stereocenters. The fourth-order valence-corrected chi connectivity index (χ4v) is 3.78. The summed E-state index contributed by atoms with van der Waals surface area (Å²) >= 11 is 0. The number of amides is 2. The van der Waals surface area contributed by atoms with Crippen LogP contribution in [0.1, 0.15) is 12.0 Å². The number of ether oxygens (including phenoxy) is 1. The highest BCUT2D eigenvalue weighted by Gasteiger charge is 2.49. The Morgan fingerprint density at radius 1 is 1.13 bits per heavy atom. The number of nitrogens with zero attached hydrogens (tertiary/aromatic N) is 2. The molecule has 2 aliphatic heterocycles. The molecule has 0 fully saturated rings. The molecule has 9 heteroatoms. The van der Waals surface area contributed by atoms with Gasteiger partial charge in [0.2, 0.25) is 11.8 Å². The second-order valence-electron chi connectivity index (χ2n) is 7.26. The number of anilines is 2. The number of rotatable bonds is 2. The molecule has 0 bridgehead atoms. The maximum absolute atomic E-state index is 13.8. The van der Waals surface area contributed by atoms with Gasteiger partial charge in [-0.15, -0.1) is 0 Å². The van der Waals surface area contributed by atoms with E-state index in [1.807, 2.05) is 24.3 Å². The van der Waals surface area contributed by atoms with Gasteiger partial charge >= 0.3 is 6.18 Å². The number of halogens is 3. The average Bonchev–Trinajstić information content (AvgIpc) is 2.98. The third kappa shape index (κ3) is 4.11. The lowest BCUT2D eigenvalue weighted by Crippen LogP contribution is -2.52. The summed E-state index contributed by atoms with van der Waals surface area (Å²) in [6.45, 7) is 0.867. The van der Waals surface area contributed by atoms with Crippen molar-refractivity contribution < 1.29 is 27.5 Å². The van der Waals surface area contributed by atoms with E-state index >= 15 is 0 Å². The van der Waals surface area contributed by atoms with Gasteiger partial charge in [0.25, 0.3) is 0 Å². The molecule has 2 amide bonds. The monoisotopic (exact) mass is 419 g/mol. The van der Waals surface area contributed by atoms with Gasteiger partial charge in [0.15, 0.2) is 0 Å². The fraction of sp³-hybridized carbons (Fsp3) is 0.333. The number of benzene rings is 2. The first kappa shape index (κ1) is 20.2. The molecule has 1 atom stereocenters. The zero-order valence-electron chi connectivity index (χ0n) is 16.0. The molecule has 0 aliphatic carbocycles. The Labute approximate surface area is 171 Å². The maximum atomic E-state index is 13.8. The second-order valence-corrected chi connectivity index (χ2v) is 7.26. The lowest BCUT2D eigenvalue weighted by atomic mass is 10.1. The minimum atomic E-state index is -4.75. The zero-order valence-corrected chi connectivity index (χ0v) is 16.0. The molecule has 4 rings (SSSR count). The van der Waals surface area contributed by atoms with Crippen molar-refractivity contribution in [2.75, 3.05) is 29.9 Å². The lowest BCUT2D eigenvalue weighted by Gasteiger charge is -2.33. The van der Waals surface area contributed by atoms with E-state index in [4.69, 9.17) is 4.74 Å². The molecule has 2 heterocycles. The molecule has 0 radical (unpaired) electrons. The van der Waals surface area contributed by atoms with Gasteiger partial charge in [-0.1, -0.05) is 30.3 Å². The molecule has 0 saturated heterocycles. The Morgan fingerprint density at radius 3 is 2.67 bits per heavy atom. The topological polar surface area (TPSA) is 61.9 Å². The number of nitrogens with one attached hydrogen (secondary N) is 1. The van der Waals surface area contributed by atoms with Gasteiger partial charge in [-0.3, -0.25) is 19.4 Å². The van der Waals surface area contributed by atoms with Gasteiger partial charge in [0, 0.05) is 18.7 Å². The largest absolute Gasteiger partial charge is 0.492 e. The van der Waals surface area contributed by atoms with Crippen LogP contribution in [-0.2, 0) is 16.1 Å². The summed E-state index contributed by atoms with van der Waals surface area (Å²) in [5.74, 6) is -0.798. The first-order valence-electron chi connectivity index (χ1n) is 9.53. The summed E-state index contributed by atoms with van der Waals surface area (Å²) < 4.78 is 47.2. The van der Waals surface area contributed by atoms with E-state index in [1.165, 1.54) is 12.1 Å². The number of alkyl halides is 3. The van der Waals surface area contributed by atoms with Crippen LogP contribution in [0.25, 0.3) is 0 Å². The van der Waals surface area contributed by atoms with Crippen molar-refractivity contribution >= 4 is 23.2 Å². The van der Waals surface area contributed by atoms with Crippen LogP contribution in [-0.4, -0.2) is 48.6 Å². The van der Waals surface area contributed by atoms with Crippen molar-refractivity contribution in [3.63, 3.8) is 0 Å². The van der Waals surface area contributed by atoms with Crippen LogP contribution in [0, 0.1) is 0 Å².